The molecule has 100 valence electrons. The third-order valence-corrected chi connectivity index (χ3v) is 3.40. The van der Waals surface area contributed by atoms with E-state index in [9.17, 15) is 4.79 Å². The Balaban J connectivity index is 1.81. The molecular formula is C11H17N3O3S. The Hall–Kier alpha value is -1.08. The molecule has 0 bridgehead atoms. The lowest BCUT2D eigenvalue weighted by atomic mass is 10.2. The number of morpholine rings is 1. The minimum Gasteiger partial charge on any atom is -0.416 e. The van der Waals surface area contributed by atoms with Crippen molar-refractivity contribution in [3.05, 3.63) is 5.89 Å². The van der Waals surface area contributed by atoms with Crippen LogP contribution in [-0.4, -0.2) is 53.1 Å². The molecule has 1 fully saturated rings. The predicted octanol–water partition coefficient (Wildman–Crippen LogP) is 1.14. The molecule has 0 aliphatic carbocycles. The van der Waals surface area contributed by atoms with Crippen molar-refractivity contribution in [2.75, 3.05) is 32.1 Å². The van der Waals surface area contributed by atoms with E-state index >= 15 is 0 Å². The van der Waals surface area contributed by atoms with Crippen molar-refractivity contribution in [3.8, 4) is 0 Å². The fourth-order valence-electron chi connectivity index (χ4n) is 1.54. The van der Waals surface area contributed by atoms with Gasteiger partial charge in [0.05, 0.1) is 19.0 Å². The van der Waals surface area contributed by atoms with E-state index in [-0.39, 0.29) is 11.8 Å². The van der Waals surface area contributed by atoms with Crippen molar-refractivity contribution in [1.82, 2.24) is 15.1 Å². The summed E-state index contributed by atoms with van der Waals surface area (Å²) in [6, 6.07) is 0. The van der Waals surface area contributed by atoms with Crippen molar-refractivity contribution in [2.45, 2.75) is 25.0 Å². The minimum atomic E-state index is 0.0904. The second-order valence-electron chi connectivity index (χ2n) is 4.34. The van der Waals surface area contributed by atoms with Crippen LogP contribution in [0.25, 0.3) is 0 Å². The SMILES string of the molecule is CC(C)c1nnc(SCC(=O)N2CCOCC2)o1. The van der Waals surface area contributed by atoms with Crippen molar-refractivity contribution < 1.29 is 13.9 Å². The topological polar surface area (TPSA) is 68.5 Å². The fraction of sp³-hybridized carbons (Fsp3) is 0.727. The maximum atomic E-state index is 11.9. The quantitative estimate of drug-likeness (QED) is 0.765. The molecule has 0 radical (unpaired) electrons. The van der Waals surface area contributed by atoms with Gasteiger partial charge in [0.25, 0.3) is 5.22 Å². The molecule has 1 aliphatic rings. The standard InChI is InChI=1S/C11H17N3O3S/c1-8(2)10-12-13-11(17-10)18-7-9(15)14-3-5-16-6-4-14/h8H,3-7H2,1-2H3. The fourth-order valence-corrected chi connectivity index (χ4v) is 2.21. The van der Waals surface area contributed by atoms with Crippen LogP contribution in [0.3, 0.4) is 0 Å². The van der Waals surface area contributed by atoms with Gasteiger partial charge in [-0.3, -0.25) is 4.79 Å². The van der Waals surface area contributed by atoms with E-state index in [2.05, 4.69) is 10.2 Å². The van der Waals surface area contributed by atoms with Gasteiger partial charge in [-0.2, -0.15) is 0 Å². The van der Waals surface area contributed by atoms with E-state index in [1.807, 2.05) is 13.8 Å². The largest absolute Gasteiger partial charge is 0.416 e. The third-order valence-electron chi connectivity index (χ3n) is 2.60. The molecule has 0 saturated carbocycles. The zero-order chi connectivity index (χ0) is 13.0. The van der Waals surface area contributed by atoms with E-state index < -0.39 is 0 Å². The van der Waals surface area contributed by atoms with Crippen LogP contribution in [0.15, 0.2) is 9.64 Å². The van der Waals surface area contributed by atoms with Crippen LogP contribution in [0.5, 0.6) is 0 Å². The van der Waals surface area contributed by atoms with E-state index in [4.69, 9.17) is 9.15 Å². The number of thioether (sulfide) groups is 1. The Morgan fingerprint density at radius 2 is 2.11 bits per heavy atom. The van der Waals surface area contributed by atoms with Gasteiger partial charge in [-0.25, -0.2) is 0 Å². The molecule has 1 amide bonds. The third kappa shape index (κ3) is 3.46. The number of carbonyl (C=O) groups is 1. The summed E-state index contributed by atoms with van der Waals surface area (Å²) in [7, 11) is 0. The zero-order valence-electron chi connectivity index (χ0n) is 10.6. The second kappa shape index (κ2) is 6.19. The Bertz CT molecular complexity index is 402. The highest BCUT2D eigenvalue weighted by Crippen LogP contribution is 2.20. The molecule has 2 heterocycles. The molecular weight excluding hydrogens is 254 g/mol. The Morgan fingerprint density at radius 1 is 1.39 bits per heavy atom. The van der Waals surface area contributed by atoms with Gasteiger partial charge in [0.2, 0.25) is 11.8 Å². The van der Waals surface area contributed by atoms with Crippen LogP contribution in [0.2, 0.25) is 0 Å². The molecule has 0 N–H and O–H groups in total. The minimum absolute atomic E-state index is 0.0904. The van der Waals surface area contributed by atoms with Crippen molar-refractivity contribution in [2.24, 2.45) is 0 Å². The smallest absolute Gasteiger partial charge is 0.277 e. The average Bonchev–Trinajstić information content (AvgIpc) is 2.86. The number of hydrogen-bond acceptors (Lipinski definition) is 6. The number of carbonyl (C=O) groups excluding carboxylic acids is 1. The van der Waals surface area contributed by atoms with Crippen LogP contribution < -0.4 is 0 Å². The molecule has 2 rings (SSSR count). The summed E-state index contributed by atoms with van der Waals surface area (Å²) in [5, 5.41) is 8.29. The summed E-state index contributed by atoms with van der Waals surface area (Å²) in [5.74, 6) is 1.24. The van der Waals surface area contributed by atoms with E-state index in [1.165, 1.54) is 11.8 Å². The van der Waals surface area contributed by atoms with Crippen molar-refractivity contribution in [1.29, 1.82) is 0 Å². The number of amides is 1. The number of nitrogens with zero attached hydrogens (tertiary/aromatic N) is 3. The summed E-state index contributed by atoms with van der Waals surface area (Å²) >= 11 is 1.29. The summed E-state index contributed by atoms with van der Waals surface area (Å²) in [4.78, 5) is 13.7. The van der Waals surface area contributed by atoms with Gasteiger partial charge in [0.15, 0.2) is 0 Å². The molecule has 1 aromatic rings. The van der Waals surface area contributed by atoms with Crippen LogP contribution in [0.4, 0.5) is 0 Å². The summed E-state index contributed by atoms with van der Waals surface area (Å²) in [6.07, 6.45) is 0. The van der Waals surface area contributed by atoms with Crippen LogP contribution in [0, 0.1) is 0 Å². The van der Waals surface area contributed by atoms with Crippen LogP contribution in [-0.2, 0) is 9.53 Å². The molecule has 0 unspecified atom stereocenters. The molecule has 6 nitrogen and oxygen atoms in total. The van der Waals surface area contributed by atoms with Crippen molar-refractivity contribution in [3.63, 3.8) is 0 Å². The average molecular weight is 271 g/mol. The molecule has 0 atom stereocenters. The maximum absolute atomic E-state index is 11.9. The van der Waals surface area contributed by atoms with Gasteiger partial charge in [-0.15, -0.1) is 10.2 Å². The first-order valence-corrected chi connectivity index (χ1v) is 6.97. The van der Waals surface area contributed by atoms with Gasteiger partial charge in [-0.1, -0.05) is 25.6 Å². The number of ether oxygens (including phenoxy) is 1. The molecule has 1 saturated heterocycles. The Kier molecular flexibility index (Phi) is 4.60. The molecule has 1 aliphatic heterocycles. The Labute approximate surface area is 110 Å². The first-order chi connectivity index (χ1) is 8.66. The number of rotatable bonds is 4. The van der Waals surface area contributed by atoms with E-state index in [0.717, 1.165) is 0 Å². The lowest BCUT2D eigenvalue weighted by molar-refractivity contribution is -0.132. The highest BCUT2D eigenvalue weighted by atomic mass is 32.2. The first kappa shape index (κ1) is 13.4. The lowest BCUT2D eigenvalue weighted by Gasteiger charge is -2.26. The summed E-state index contributed by atoms with van der Waals surface area (Å²) in [6.45, 7) is 6.55. The van der Waals surface area contributed by atoms with Gasteiger partial charge in [0.1, 0.15) is 0 Å². The number of hydrogen-bond donors (Lipinski definition) is 0. The molecule has 0 spiro atoms. The Morgan fingerprint density at radius 3 is 2.72 bits per heavy atom. The van der Waals surface area contributed by atoms with Crippen LogP contribution >= 0.6 is 11.8 Å². The monoisotopic (exact) mass is 271 g/mol. The second-order valence-corrected chi connectivity index (χ2v) is 5.27. The highest BCUT2D eigenvalue weighted by Gasteiger charge is 2.18. The van der Waals surface area contributed by atoms with Crippen LogP contribution in [0.1, 0.15) is 25.7 Å². The number of aromatic nitrogens is 2. The van der Waals surface area contributed by atoms with Gasteiger partial charge in [-0.05, 0) is 0 Å². The molecule has 0 aromatic carbocycles. The normalized spacial score (nSPS) is 16.3. The van der Waals surface area contributed by atoms with E-state index in [0.29, 0.717) is 43.2 Å². The lowest BCUT2D eigenvalue weighted by Crippen LogP contribution is -2.41. The molecule has 7 heteroatoms. The molecule has 18 heavy (non-hydrogen) atoms. The predicted molar refractivity (Wildman–Crippen MR) is 66.5 cm³/mol. The van der Waals surface area contributed by atoms with E-state index in [1.54, 1.807) is 4.90 Å². The van der Waals surface area contributed by atoms with Gasteiger partial charge in [0, 0.05) is 19.0 Å². The first-order valence-electron chi connectivity index (χ1n) is 5.98. The zero-order valence-corrected chi connectivity index (χ0v) is 11.4. The molecule has 1 aromatic heterocycles. The van der Waals surface area contributed by atoms with Gasteiger partial charge >= 0.3 is 0 Å². The highest BCUT2D eigenvalue weighted by molar-refractivity contribution is 7.99. The van der Waals surface area contributed by atoms with Crippen molar-refractivity contribution >= 4 is 17.7 Å². The summed E-state index contributed by atoms with van der Waals surface area (Å²) in [5.41, 5.74) is 0. The van der Waals surface area contributed by atoms with Gasteiger partial charge < -0.3 is 14.1 Å². The maximum Gasteiger partial charge on any atom is 0.277 e. The summed E-state index contributed by atoms with van der Waals surface area (Å²) < 4.78 is 10.6.